The van der Waals surface area contributed by atoms with Crippen molar-refractivity contribution in [3.05, 3.63) is 151 Å². The first-order valence-corrected chi connectivity index (χ1v) is 30.3. The quantitative estimate of drug-likeness (QED) is 0.0923. The average Bonchev–Trinajstić information content (AvgIpc) is 1.52. The first-order valence-electron chi connectivity index (χ1n) is 28.8. The number of halogens is 7. The van der Waals surface area contributed by atoms with E-state index < -0.39 is 62.9 Å². The van der Waals surface area contributed by atoms with Crippen LogP contribution in [0.15, 0.2) is 97.1 Å². The third kappa shape index (κ3) is 11.2. The Bertz CT molecular complexity index is 3250. The number of aliphatic carboxylic acids is 1. The number of nitrogens with two attached hydrogens (primary N) is 1. The van der Waals surface area contributed by atoms with Crippen LogP contribution in [0.1, 0.15) is 132 Å². The Morgan fingerprint density at radius 3 is 1.45 bits per heavy atom. The molecule has 2 amide bonds. The summed E-state index contributed by atoms with van der Waals surface area (Å²) in [5, 5.41) is 35.3. The highest BCUT2D eigenvalue weighted by Crippen LogP contribution is 2.74. The number of aliphatic hydroxyl groups is 2. The fourth-order valence-corrected chi connectivity index (χ4v) is 16.6. The van der Waals surface area contributed by atoms with Crippen molar-refractivity contribution in [2.24, 2.45) is 45.1 Å². The number of nitrogens with one attached hydrogen (secondary N) is 2. The first-order chi connectivity index (χ1) is 39.4. The third-order valence-corrected chi connectivity index (χ3v) is 21.2. The lowest BCUT2D eigenvalue weighted by molar-refractivity contribution is -0.142. The van der Waals surface area contributed by atoms with Crippen LogP contribution in [0.2, 0.25) is 20.1 Å². The Morgan fingerprint density at radius 2 is 1.05 bits per heavy atom. The molecular formula is C65H74Cl5F2N3O9. The molecule has 8 aliphatic rings. The number of anilines is 2. The average molecular weight is 1260 g/mol. The number of benzene rings is 4. The van der Waals surface area contributed by atoms with E-state index in [1.54, 1.807) is 60.7 Å². The Morgan fingerprint density at radius 1 is 0.619 bits per heavy atom. The van der Waals surface area contributed by atoms with Crippen LogP contribution in [0.4, 0.5) is 20.2 Å². The molecular weight excluding hydrogens is 1180 g/mol. The van der Waals surface area contributed by atoms with Crippen molar-refractivity contribution in [3.8, 4) is 0 Å². The van der Waals surface area contributed by atoms with E-state index in [4.69, 9.17) is 66.7 Å². The highest BCUT2D eigenvalue weighted by Gasteiger charge is 2.74. The molecule has 10 atom stereocenters. The number of carboxylic acids is 1. The van der Waals surface area contributed by atoms with Crippen molar-refractivity contribution >= 4 is 93.8 Å². The number of aliphatic hydroxyl groups excluding tert-OH is 2. The van der Waals surface area contributed by atoms with Crippen molar-refractivity contribution in [1.29, 1.82) is 0 Å². The smallest absolute Gasteiger partial charge is 0.307 e. The number of carbonyl (C=O) groups is 4. The van der Waals surface area contributed by atoms with E-state index in [1.807, 2.05) is 24.3 Å². The van der Waals surface area contributed by atoms with E-state index in [0.29, 0.717) is 71.4 Å². The zero-order valence-corrected chi connectivity index (χ0v) is 51.3. The van der Waals surface area contributed by atoms with Gasteiger partial charge in [0.25, 0.3) is 0 Å². The summed E-state index contributed by atoms with van der Waals surface area (Å²) < 4.78 is 42.3. The van der Waals surface area contributed by atoms with Crippen LogP contribution in [0, 0.1) is 51.0 Å². The van der Waals surface area contributed by atoms with Gasteiger partial charge in [0.2, 0.25) is 11.8 Å². The molecule has 19 heteroatoms. The number of carbonyl (C=O) groups excluding carboxylic acids is 3. The highest BCUT2D eigenvalue weighted by atomic mass is 35.5. The molecule has 4 aliphatic heterocycles. The molecule has 4 aromatic rings. The summed E-state index contributed by atoms with van der Waals surface area (Å²) in [4.78, 5) is 55.6. The maximum absolute atomic E-state index is 16.1. The van der Waals surface area contributed by atoms with Crippen LogP contribution >= 0.6 is 58.8 Å². The van der Waals surface area contributed by atoms with Crippen LogP contribution < -0.4 is 16.4 Å². The molecule has 12 rings (SSSR count). The van der Waals surface area contributed by atoms with Gasteiger partial charge < -0.3 is 41.2 Å². The summed E-state index contributed by atoms with van der Waals surface area (Å²) >= 11 is 25.1. The first kappa shape index (κ1) is 64.0. The van der Waals surface area contributed by atoms with Gasteiger partial charge in [0.15, 0.2) is 0 Å². The summed E-state index contributed by atoms with van der Waals surface area (Å²) in [6, 6.07) is 20.2. The fourth-order valence-electron chi connectivity index (χ4n) is 15.9. The van der Waals surface area contributed by atoms with Crippen LogP contribution in [0.3, 0.4) is 0 Å². The molecule has 4 aromatic carbocycles. The molecule has 4 spiro atoms. The zero-order chi connectivity index (χ0) is 59.6. The maximum Gasteiger partial charge on any atom is 0.307 e. The van der Waals surface area contributed by atoms with Gasteiger partial charge in [-0.25, -0.2) is 8.78 Å². The van der Waals surface area contributed by atoms with Gasteiger partial charge in [-0.05, 0) is 145 Å². The van der Waals surface area contributed by atoms with Gasteiger partial charge in [-0.15, -0.1) is 12.4 Å². The van der Waals surface area contributed by atoms with Gasteiger partial charge in [-0.2, -0.15) is 0 Å². The van der Waals surface area contributed by atoms with E-state index in [0.717, 1.165) is 44.1 Å². The predicted octanol–water partition coefficient (Wildman–Crippen LogP) is 13.7. The lowest BCUT2D eigenvalue weighted by Crippen LogP contribution is -2.52. The second kappa shape index (κ2) is 24.6. The number of carboxylic acid groups (broad SMARTS) is 1. The Kier molecular flexibility index (Phi) is 18.8. The van der Waals surface area contributed by atoms with Crippen LogP contribution in [0.5, 0.6) is 0 Å². The maximum atomic E-state index is 16.1. The van der Waals surface area contributed by atoms with Crippen molar-refractivity contribution in [1.82, 2.24) is 0 Å². The SMILES string of the molecule is CC1(C)CCC2(CC1)C[C@@H](C(=O)C[C@@H]1C=C[C@@H](CO)OC1)[C@H](c1cccc(Cl)c1F)[C@]21C(=O)Nc2cc(Cl)ccc21.CC1(C)CCC2(CC1)C[C@@H](C(=O)O)[C@H](c1cccc(Cl)c1F)C21C(=O)Nc2cc(Cl)ccc21.Cl.N[C@@H]1C=C[C@@H](CO)OC1. The highest BCUT2D eigenvalue weighted by molar-refractivity contribution is 6.32. The van der Waals surface area contributed by atoms with E-state index in [9.17, 15) is 29.4 Å². The van der Waals surface area contributed by atoms with E-state index in [-0.39, 0.29) is 100 Å². The third-order valence-electron chi connectivity index (χ3n) is 20.2. The van der Waals surface area contributed by atoms with Crippen molar-refractivity contribution in [3.63, 3.8) is 0 Å². The molecule has 0 radical (unpaired) electrons. The van der Waals surface area contributed by atoms with E-state index >= 15 is 8.78 Å². The Balaban J connectivity index is 0.000000176. The zero-order valence-electron chi connectivity index (χ0n) is 47.5. The number of Topliss-reactive ketones (excluding diaryl/α,β-unsaturated/α-hetero) is 1. The molecule has 12 nitrogen and oxygen atoms in total. The molecule has 0 bridgehead atoms. The number of ketones is 1. The minimum atomic E-state index is -1.22. The number of amides is 2. The van der Waals surface area contributed by atoms with Gasteiger partial charge in [-0.1, -0.05) is 135 Å². The number of hydrogen-bond donors (Lipinski definition) is 6. The summed E-state index contributed by atoms with van der Waals surface area (Å²) in [7, 11) is 0. The minimum absolute atomic E-state index is 0. The number of hydrogen-bond acceptors (Lipinski definition) is 9. The second-order valence-corrected chi connectivity index (χ2v) is 27.7. The largest absolute Gasteiger partial charge is 0.481 e. The molecule has 0 saturated heterocycles. The van der Waals surface area contributed by atoms with Crippen molar-refractivity contribution in [2.45, 2.75) is 139 Å². The summed E-state index contributed by atoms with van der Waals surface area (Å²) in [5.74, 6) is -6.03. The van der Waals surface area contributed by atoms with Gasteiger partial charge in [0.1, 0.15) is 17.4 Å². The van der Waals surface area contributed by atoms with E-state index in [1.165, 1.54) is 12.1 Å². The van der Waals surface area contributed by atoms with Crippen LogP contribution in [0.25, 0.3) is 0 Å². The van der Waals surface area contributed by atoms with E-state index in [2.05, 4.69) is 38.3 Å². The number of fused-ring (bicyclic) bond motifs is 6. The number of ether oxygens (including phenoxy) is 2. The van der Waals surface area contributed by atoms with Crippen LogP contribution in [-0.2, 0) is 39.5 Å². The molecule has 7 N–H and O–H groups in total. The molecule has 452 valence electrons. The topological polar surface area (TPSA) is 198 Å². The fraction of sp³-hybridized carbons (Fsp3) is 0.508. The lowest BCUT2D eigenvalue weighted by Gasteiger charge is -2.51. The second-order valence-electron chi connectivity index (χ2n) is 26.0. The molecule has 1 unspecified atom stereocenters. The minimum Gasteiger partial charge on any atom is -0.481 e. The predicted molar refractivity (Wildman–Crippen MR) is 325 cm³/mol. The van der Waals surface area contributed by atoms with Gasteiger partial charge in [-0.3, -0.25) is 19.2 Å². The van der Waals surface area contributed by atoms with Crippen molar-refractivity contribution in [2.75, 3.05) is 37.1 Å². The van der Waals surface area contributed by atoms with Crippen LogP contribution in [-0.4, -0.2) is 83.6 Å². The molecule has 4 fully saturated rings. The molecule has 4 heterocycles. The Labute approximate surface area is 516 Å². The van der Waals surface area contributed by atoms with Gasteiger partial charge >= 0.3 is 5.97 Å². The molecule has 0 aromatic heterocycles. The standard InChI is InChI=1S/C33H36Cl2FNO4.C26H26Cl2FNO3.C6H11NO2.ClH/c1-31(2)10-12-32(13-11-31)16-23(27(39)14-19-6-8-21(17-38)41-18-19)28(22-4-3-5-25(35)29(22)36)33(32)24-9-7-20(34)15-26(24)37-30(33)40;1-24(2)8-10-25(11-9-24)13-16(22(31)32)20(15-4-3-5-18(28)21(15)29)26(25)17-7-6-14(27)12-19(17)30-23(26)33;7-5-1-2-6(3-8)9-4-5;/h3-9,15,19,21,23,28,38H,10-14,16-18H2,1-2H3,(H,37,40);3-7,12,16,20H,8-11,13H2,1-2H3,(H,30,33)(H,31,32);1-2,5-6,8H,3-4,7H2;1H/t19-,21-,23-,28-,33+;16-,20+,26?;5-,6+;/m011./s1. The molecule has 84 heavy (non-hydrogen) atoms. The molecule has 4 aliphatic carbocycles. The molecule has 4 saturated carbocycles. The Hall–Kier alpha value is -4.45. The monoisotopic (exact) mass is 1250 g/mol. The van der Waals surface area contributed by atoms with Crippen molar-refractivity contribution < 1.29 is 52.8 Å². The van der Waals surface area contributed by atoms with Gasteiger partial charge in [0.05, 0.1) is 65.4 Å². The summed E-state index contributed by atoms with van der Waals surface area (Å²) in [6.07, 6.45) is 14.3. The normalized spacial score (nSPS) is 30.6. The van der Waals surface area contributed by atoms with Gasteiger partial charge in [0, 0.05) is 57.6 Å². The number of rotatable bonds is 8. The summed E-state index contributed by atoms with van der Waals surface area (Å²) in [5.41, 5.74) is 5.33. The summed E-state index contributed by atoms with van der Waals surface area (Å²) in [6.45, 7) is 9.66. The lowest BCUT2D eigenvalue weighted by atomic mass is 9.51.